The fraction of sp³-hybridized carbons (Fsp3) is 0.484. The minimum Gasteiger partial charge on any atom is -0.481 e. The largest absolute Gasteiger partial charge is 0.573 e. The summed E-state index contributed by atoms with van der Waals surface area (Å²) >= 11 is 0. The number of urea groups is 1. The van der Waals surface area contributed by atoms with Crippen molar-refractivity contribution in [3.05, 3.63) is 59.7 Å². The standard InChI is InChI=1S/C31H38F3N3O7/c1-4-43-28(41)30(2,3)22-6-5-7-24(18-22)37(29(42)36-23-12-14-25(15-13-23)44-31(32,33)34)19-20-8-10-21(11-9-20)27(40)35-17-16-26(38)39/h8-15,22,24H,4-7,16-19H2,1-3H3,(H,35,40)(H,36,42)(H,38,39). The number of nitrogens with one attached hydrogen (secondary N) is 2. The van der Waals surface area contributed by atoms with Gasteiger partial charge in [-0.2, -0.15) is 0 Å². The Balaban J connectivity index is 1.81. The van der Waals surface area contributed by atoms with Crippen LogP contribution < -0.4 is 15.4 Å². The zero-order chi connectivity index (χ0) is 32.5. The molecule has 0 heterocycles. The summed E-state index contributed by atoms with van der Waals surface area (Å²) in [6, 6.07) is 10.6. The number of ether oxygens (including phenoxy) is 2. The Labute approximate surface area is 253 Å². The van der Waals surface area contributed by atoms with Gasteiger partial charge in [0.1, 0.15) is 5.75 Å². The third-order valence-corrected chi connectivity index (χ3v) is 7.70. The lowest BCUT2D eigenvalue weighted by Crippen LogP contribution is -2.47. The maximum absolute atomic E-state index is 13.7. The number of nitrogens with zero attached hydrogens (tertiary/aromatic N) is 1. The minimum absolute atomic E-state index is 0.0157. The topological polar surface area (TPSA) is 134 Å². The number of carboxylic acids is 1. The van der Waals surface area contributed by atoms with E-state index in [4.69, 9.17) is 9.84 Å². The Morgan fingerprint density at radius 1 is 1.00 bits per heavy atom. The van der Waals surface area contributed by atoms with Gasteiger partial charge in [-0.1, -0.05) is 18.6 Å². The number of hydrogen-bond acceptors (Lipinski definition) is 6. The summed E-state index contributed by atoms with van der Waals surface area (Å²) in [7, 11) is 0. The van der Waals surface area contributed by atoms with Gasteiger partial charge < -0.3 is 30.1 Å². The van der Waals surface area contributed by atoms with Crippen LogP contribution in [-0.4, -0.2) is 59.4 Å². The number of carbonyl (C=O) groups excluding carboxylic acids is 3. The molecule has 2 aromatic carbocycles. The van der Waals surface area contributed by atoms with Crippen LogP contribution in [0, 0.1) is 11.3 Å². The highest BCUT2D eigenvalue weighted by molar-refractivity contribution is 5.94. The Morgan fingerprint density at radius 3 is 2.25 bits per heavy atom. The van der Waals surface area contributed by atoms with Crippen LogP contribution in [0.25, 0.3) is 0 Å². The second-order valence-corrected chi connectivity index (χ2v) is 11.2. The number of anilines is 1. The molecule has 2 aromatic rings. The van der Waals surface area contributed by atoms with E-state index in [-0.39, 0.29) is 49.7 Å². The zero-order valence-corrected chi connectivity index (χ0v) is 24.9. The molecule has 3 amide bonds. The van der Waals surface area contributed by atoms with Crippen LogP contribution in [0.3, 0.4) is 0 Å². The first kappa shape index (κ1) is 34.2. The lowest BCUT2D eigenvalue weighted by molar-refractivity contribution is -0.274. The molecule has 3 rings (SSSR count). The number of halogens is 3. The Bertz CT molecular complexity index is 1300. The summed E-state index contributed by atoms with van der Waals surface area (Å²) in [6.45, 7) is 5.82. The second-order valence-electron chi connectivity index (χ2n) is 11.2. The molecule has 0 aromatic heterocycles. The van der Waals surface area contributed by atoms with Crippen molar-refractivity contribution in [2.75, 3.05) is 18.5 Å². The van der Waals surface area contributed by atoms with Gasteiger partial charge in [0.2, 0.25) is 0 Å². The number of carboxylic acid groups (broad SMARTS) is 1. The van der Waals surface area contributed by atoms with Crippen molar-refractivity contribution in [2.45, 2.75) is 71.8 Å². The van der Waals surface area contributed by atoms with Gasteiger partial charge in [-0.3, -0.25) is 14.4 Å². The molecule has 1 aliphatic carbocycles. The summed E-state index contributed by atoms with van der Waals surface area (Å²) < 4.78 is 46.9. The van der Waals surface area contributed by atoms with Crippen molar-refractivity contribution in [1.29, 1.82) is 0 Å². The van der Waals surface area contributed by atoms with Crippen LogP contribution in [0.5, 0.6) is 5.75 Å². The number of carbonyl (C=O) groups is 4. The van der Waals surface area contributed by atoms with Gasteiger partial charge in [0, 0.05) is 30.4 Å². The Hall–Kier alpha value is -4.29. The molecule has 0 spiro atoms. The van der Waals surface area contributed by atoms with Crippen molar-refractivity contribution < 1.29 is 46.9 Å². The molecule has 3 N–H and O–H groups in total. The summed E-state index contributed by atoms with van der Waals surface area (Å²) in [5.74, 6) is -2.25. The van der Waals surface area contributed by atoms with Crippen LogP contribution in [0.1, 0.15) is 68.8 Å². The van der Waals surface area contributed by atoms with Gasteiger partial charge in [0.15, 0.2) is 0 Å². The van der Waals surface area contributed by atoms with Crippen molar-refractivity contribution >= 4 is 29.6 Å². The first-order valence-corrected chi connectivity index (χ1v) is 14.4. The average Bonchev–Trinajstić information content (AvgIpc) is 2.96. The molecule has 0 bridgehead atoms. The van der Waals surface area contributed by atoms with E-state index in [2.05, 4.69) is 15.4 Å². The maximum Gasteiger partial charge on any atom is 0.573 e. The van der Waals surface area contributed by atoms with E-state index < -0.39 is 35.4 Å². The lowest BCUT2D eigenvalue weighted by Gasteiger charge is -2.42. The molecule has 240 valence electrons. The molecule has 0 aliphatic heterocycles. The quantitative estimate of drug-likeness (QED) is 0.249. The molecule has 2 unspecified atom stereocenters. The molecular weight excluding hydrogens is 583 g/mol. The van der Waals surface area contributed by atoms with E-state index in [0.29, 0.717) is 24.0 Å². The van der Waals surface area contributed by atoms with Gasteiger partial charge in [-0.15, -0.1) is 13.2 Å². The van der Waals surface area contributed by atoms with E-state index >= 15 is 0 Å². The van der Waals surface area contributed by atoms with Gasteiger partial charge in [-0.25, -0.2) is 4.79 Å². The normalized spacial score (nSPS) is 16.9. The van der Waals surface area contributed by atoms with Gasteiger partial charge in [0.25, 0.3) is 5.91 Å². The molecule has 1 fully saturated rings. The molecule has 10 nitrogen and oxygen atoms in total. The van der Waals surface area contributed by atoms with E-state index in [1.54, 1.807) is 36.1 Å². The molecule has 13 heteroatoms. The molecule has 0 saturated heterocycles. The van der Waals surface area contributed by atoms with Gasteiger partial charge in [0.05, 0.1) is 18.4 Å². The van der Waals surface area contributed by atoms with Crippen LogP contribution in [-0.2, 0) is 20.9 Å². The van der Waals surface area contributed by atoms with E-state index in [9.17, 15) is 32.3 Å². The third kappa shape index (κ3) is 9.88. The Kier molecular flexibility index (Phi) is 11.6. The van der Waals surface area contributed by atoms with Crippen molar-refractivity contribution in [2.24, 2.45) is 11.3 Å². The van der Waals surface area contributed by atoms with Crippen LogP contribution in [0.15, 0.2) is 48.5 Å². The zero-order valence-electron chi connectivity index (χ0n) is 24.9. The van der Waals surface area contributed by atoms with Crippen molar-refractivity contribution in [3.8, 4) is 5.75 Å². The number of alkyl halides is 3. The first-order chi connectivity index (χ1) is 20.7. The lowest BCUT2D eigenvalue weighted by atomic mass is 9.69. The van der Waals surface area contributed by atoms with Crippen molar-refractivity contribution in [1.82, 2.24) is 10.2 Å². The van der Waals surface area contributed by atoms with E-state index in [1.807, 2.05) is 13.8 Å². The summed E-state index contributed by atoms with van der Waals surface area (Å²) in [5, 5.41) is 14.1. The summed E-state index contributed by atoms with van der Waals surface area (Å²) in [5.41, 5.74) is 0.524. The minimum atomic E-state index is -4.84. The van der Waals surface area contributed by atoms with Gasteiger partial charge >= 0.3 is 24.3 Å². The highest BCUT2D eigenvalue weighted by Gasteiger charge is 2.42. The molecule has 44 heavy (non-hydrogen) atoms. The average molecular weight is 622 g/mol. The first-order valence-electron chi connectivity index (χ1n) is 14.4. The smallest absolute Gasteiger partial charge is 0.481 e. The monoisotopic (exact) mass is 621 g/mol. The number of hydrogen-bond donors (Lipinski definition) is 3. The predicted octanol–water partition coefficient (Wildman–Crippen LogP) is 5.97. The molecule has 2 atom stereocenters. The fourth-order valence-corrected chi connectivity index (χ4v) is 5.23. The third-order valence-electron chi connectivity index (χ3n) is 7.70. The van der Waals surface area contributed by atoms with Crippen molar-refractivity contribution in [3.63, 3.8) is 0 Å². The van der Waals surface area contributed by atoms with Crippen LogP contribution in [0.2, 0.25) is 0 Å². The van der Waals surface area contributed by atoms with Crippen LogP contribution in [0.4, 0.5) is 23.7 Å². The summed E-state index contributed by atoms with van der Waals surface area (Å²) in [6.07, 6.45) is -2.30. The number of benzene rings is 2. The number of rotatable bonds is 12. The molecular formula is C31H38F3N3O7. The van der Waals surface area contributed by atoms with Gasteiger partial charge in [-0.05, 0) is 87.9 Å². The van der Waals surface area contributed by atoms with Crippen LogP contribution >= 0.6 is 0 Å². The van der Waals surface area contributed by atoms with E-state index in [1.165, 1.54) is 12.1 Å². The molecule has 1 aliphatic rings. The molecule has 0 radical (unpaired) electrons. The second kappa shape index (κ2) is 14.9. The predicted molar refractivity (Wildman–Crippen MR) is 155 cm³/mol. The number of aliphatic carboxylic acids is 1. The molecule has 1 saturated carbocycles. The van der Waals surface area contributed by atoms with E-state index in [0.717, 1.165) is 25.0 Å². The number of amides is 3. The maximum atomic E-state index is 13.7. The Morgan fingerprint density at radius 2 is 1.66 bits per heavy atom. The fourth-order valence-electron chi connectivity index (χ4n) is 5.23. The number of esters is 1. The highest BCUT2D eigenvalue weighted by atomic mass is 19.4. The SMILES string of the molecule is CCOC(=O)C(C)(C)C1CCCC(N(Cc2ccc(C(=O)NCCC(=O)O)cc2)C(=O)Nc2ccc(OC(F)(F)F)cc2)C1. The summed E-state index contributed by atoms with van der Waals surface area (Å²) in [4.78, 5) is 51.1. The highest BCUT2D eigenvalue weighted by Crippen LogP contribution is 2.41.